The van der Waals surface area contributed by atoms with Crippen molar-refractivity contribution in [3.8, 4) is 0 Å². The molecule has 0 bridgehead atoms. The predicted molar refractivity (Wildman–Crippen MR) is 82.5 cm³/mol. The highest BCUT2D eigenvalue weighted by Crippen LogP contribution is 2.11. The van der Waals surface area contributed by atoms with Crippen LogP contribution < -0.4 is 11.1 Å². The van der Waals surface area contributed by atoms with Gasteiger partial charge in [0.05, 0.1) is 6.04 Å². The molecule has 0 spiro atoms. The van der Waals surface area contributed by atoms with Crippen molar-refractivity contribution in [3.05, 3.63) is 65.5 Å². The van der Waals surface area contributed by atoms with Crippen molar-refractivity contribution in [2.24, 2.45) is 0 Å². The summed E-state index contributed by atoms with van der Waals surface area (Å²) in [6.45, 7) is 2.25. The lowest BCUT2D eigenvalue weighted by molar-refractivity contribution is 0.0939. The van der Waals surface area contributed by atoms with Crippen LogP contribution >= 0.6 is 0 Å². The minimum absolute atomic E-state index is 0.00570. The Kier molecular flexibility index (Phi) is 5.06. The molecule has 0 radical (unpaired) electrons. The van der Waals surface area contributed by atoms with E-state index in [1.54, 1.807) is 42.5 Å². The number of anilines is 1. The van der Waals surface area contributed by atoms with Gasteiger partial charge in [0, 0.05) is 23.4 Å². The molecule has 0 aromatic heterocycles. The second kappa shape index (κ2) is 6.99. The number of hydrogen-bond acceptors (Lipinski definition) is 3. The second-order valence-electron chi connectivity index (χ2n) is 4.92. The summed E-state index contributed by atoms with van der Waals surface area (Å²) in [6.07, 6.45) is 0.637. The van der Waals surface area contributed by atoms with Gasteiger partial charge in [0.15, 0.2) is 5.78 Å². The van der Waals surface area contributed by atoms with Crippen LogP contribution in [0.5, 0.6) is 0 Å². The maximum Gasteiger partial charge on any atom is 0.179 e. The zero-order chi connectivity index (χ0) is 15.2. The molecule has 0 heterocycles. The minimum Gasteiger partial charge on any atom is -0.399 e. The van der Waals surface area contributed by atoms with Gasteiger partial charge in [-0.2, -0.15) is 0 Å². The molecule has 0 amide bonds. The van der Waals surface area contributed by atoms with Crippen molar-refractivity contribution in [1.29, 1.82) is 0 Å². The topological polar surface area (TPSA) is 55.1 Å². The molecular weight excluding hydrogens is 267 g/mol. The van der Waals surface area contributed by atoms with E-state index in [0.717, 1.165) is 0 Å². The Morgan fingerprint density at radius 2 is 1.86 bits per heavy atom. The van der Waals surface area contributed by atoms with E-state index in [4.69, 9.17) is 5.73 Å². The quantitative estimate of drug-likeness (QED) is 0.633. The summed E-state index contributed by atoms with van der Waals surface area (Å²) in [6, 6.07) is 13.1. The molecule has 0 aliphatic carbocycles. The third-order valence-corrected chi connectivity index (χ3v) is 3.42. The highest BCUT2D eigenvalue weighted by molar-refractivity contribution is 6.00. The summed E-state index contributed by atoms with van der Waals surface area (Å²) in [4.78, 5) is 12.4. The van der Waals surface area contributed by atoms with Crippen LogP contribution in [0.25, 0.3) is 0 Å². The smallest absolute Gasteiger partial charge is 0.179 e. The Morgan fingerprint density at radius 3 is 2.48 bits per heavy atom. The van der Waals surface area contributed by atoms with Crippen LogP contribution in [0.1, 0.15) is 29.3 Å². The molecule has 2 rings (SSSR count). The molecule has 0 saturated carbocycles. The maximum absolute atomic E-state index is 13.6. The van der Waals surface area contributed by atoms with Gasteiger partial charge in [-0.3, -0.25) is 4.79 Å². The average molecular weight is 286 g/mol. The van der Waals surface area contributed by atoms with E-state index in [-0.39, 0.29) is 17.6 Å². The zero-order valence-electron chi connectivity index (χ0n) is 12.0. The van der Waals surface area contributed by atoms with Crippen LogP contribution in [0.2, 0.25) is 0 Å². The first-order valence-corrected chi connectivity index (χ1v) is 6.98. The van der Waals surface area contributed by atoms with E-state index in [1.807, 2.05) is 6.92 Å². The molecule has 2 aromatic carbocycles. The van der Waals surface area contributed by atoms with Crippen molar-refractivity contribution < 1.29 is 9.18 Å². The number of halogens is 1. The first-order valence-electron chi connectivity index (χ1n) is 6.98. The minimum atomic E-state index is -0.340. The van der Waals surface area contributed by atoms with Gasteiger partial charge in [0.1, 0.15) is 5.82 Å². The van der Waals surface area contributed by atoms with Gasteiger partial charge in [-0.15, -0.1) is 0 Å². The van der Waals surface area contributed by atoms with Crippen LogP contribution in [0.15, 0.2) is 48.5 Å². The number of Topliss-reactive ketones (excluding diaryl/α,β-unsaturated/α-hetero) is 1. The van der Waals surface area contributed by atoms with E-state index in [2.05, 4.69) is 5.32 Å². The highest BCUT2D eigenvalue weighted by atomic mass is 19.1. The van der Waals surface area contributed by atoms with Gasteiger partial charge in [-0.05, 0) is 36.8 Å². The fourth-order valence-corrected chi connectivity index (χ4v) is 2.15. The van der Waals surface area contributed by atoms with Crippen LogP contribution in [-0.4, -0.2) is 11.8 Å². The summed E-state index contributed by atoms with van der Waals surface area (Å²) >= 11 is 0. The van der Waals surface area contributed by atoms with Gasteiger partial charge in [0.2, 0.25) is 0 Å². The largest absolute Gasteiger partial charge is 0.399 e. The molecule has 0 aliphatic rings. The first-order chi connectivity index (χ1) is 10.1. The van der Waals surface area contributed by atoms with Crippen molar-refractivity contribution >= 4 is 11.5 Å². The number of rotatable bonds is 6. The van der Waals surface area contributed by atoms with E-state index >= 15 is 0 Å². The van der Waals surface area contributed by atoms with E-state index in [1.165, 1.54) is 6.07 Å². The summed E-state index contributed by atoms with van der Waals surface area (Å²) < 4.78 is 13.6. The standard InChI is InChI=1S/C17H19FN2O/c1-2-16(17(21)12-7-9-14(19)10-8-12)20-11-13-5-3-4-6-15(13)18/h3-10,16,20H,2,11,19H2,1H3. The summed E-state index contributed by atoms with van der Waals surface area (Å²) in [5.41, 5.74) is 7.41. The van der Waals surface area contributed by atoms with E-state index in [9.17, 15) is 9.18 Å². The number of nitrogens with two attached hydrogens (primary N) is 1. The number of hydrogen-bond donors (Lipinski definition) is 2. The number of nitrogen functional groups attached to an aromatic ring is 1. The molecule has 21 heavy (non-hydrogen) atoms. The highest BCUT2D eigenvalue weighted by Gasteiger charge is 2.18. The molecule has 0 aliphatic heterocycles. The Bertz CT molecular complexity index is 610. The van der Waals surface area contributed by atoms with Gasteiger partial charge in [-0.1, -0.05) is 25.1 Å². The number of ketones is 1. The molecule has 1 atom stereocenters. The van der Waals surface area contributed by atoms with Crippen molar-refractivity contribution in [2.45, 2.75) is 25.9 Å². The lowest BCUT2D eigenvalue weighted by atomic mass is 10.0. The number of nitrogens with one attached hydrogen (secondary N) is 1. The Hall–Kier alpha value is -2.20. The van der Waals surface area contributed by atoms with Gasteiger partial charge in [0.25, 0.3) is 0 Å². The second-order valence-corrected chi connectivity index (χ2v) is 4.92. The fourth-order valence-electron chi connectivity index (χ4n) is 2.15. The fraction of sp³-hybridized carbons (Fsp3) is 0.235. The van der Waals surface area contributed by atoms with Gasteiger partial charge >= 0.3 is 0 Å². The van der Waals surface area contributed by atoms with Crippen LogP contribution in [-0.2, 0) is 6.54 Å². The number of benzene rings is 2. The molecule has 1 unspecified atom stereocenters. The molecule has 3 nitrogen and oxygen atoms in total. The zero-order valence-corrected chi connectivity index (χ0v) is 12.0. The summed E-state index contributed by atoms with van der Waals surface area (Å²) in [7, 11) is 0. The first kappa shape index (κ1) is 15.2. The monoisotopic (exact) mass is 286 g/mol. The third kappa shape index (κ3) is 3.89. The van der Waals surface area contributed by atoms with E-state index < -0.39 is 0 Å². The SMILES string of the molecule is CCC(NCc1ccccc1F)C(=O)c1ccc(N)cc1. The molecule has 0 saturated heterocycles. The predicted octanol–water partition coefficient (Wildman–Crippen LogP) is 3.16. The molecular formula is C17H19FN2O. The Morgan fingerprint density at radius 1 is 1.19 bits per heavy atom. The molecule has 110 valence electrons. The lowest BCUT2D eigenvalue weighted by Crippen LogP contribution is -2.36. The Labute approximate surface area is 124 Å². The number of carbonyl (C=O) groups excluding carboxylic acids is 1. The molecule has 2 aromatic rings. The molecule has 0 fully saturated rings. The van der Waals surface area contributed by atoms with Gasteiger partial charge < -0.3 is 11.1 Å². The van der Waals surface area contributed by atoms with Crippen molar-refractivity contribution in [2.75, 3.05) is 5.73 Å². The molecule has 3 N–H and O–H groups in total. The van der Waals surface area contributed by atoms with Crippen molar-refractivity contribution in [1.82, 2.24) is 5.32 Å². The lowest BCUT2D eigenvalue weighted by Gasteiger charge is -2.16. The van der Waals surface area contributed by atoms with Gasteiger partial charge in [-0.25, -0.2) is 4.39 Å². The van der Waals surface area contributed by atoms with Crippen LogP contribution in [0.4, 0.5) is 10.1 Å². The van der Waals surface area contributed by atoms with Crippen molar-refractivity contribution in [3.63, 3.8) is 0 Å². The average Bonchev–Trinajstić information content (AvgIpc) is 2.50. The summed E-state index contributed by atoms with van der Waals surface area (Å²) in [5.74, 6) is -0.270. The van der Waals surface area contributed by atoms with Crippen LogP contribution in [0, 0.1) is 5.82 Å². The maximum atomic E-state index is 13.6. The van der Waals surface area contributed by atoms with Crippen LogP contribution in [0.3, 0.4) is 0 Å². The third-order valence-electron chi connectivity index (χ3n) is 3.42. The molecule has 4 heteroatoms. The normalized spacial score (nSPS) is 12.1. The number of carbonyl (C=O) groups is 1. The Balaban J connectivity index is 2.04. The summed E-state index contributed by atoms with van der Waals surface area (Å²) in [5, 5.41) is 3.12. The van der Waals surface area contributed by atoms with E-state index in [0.29, 0.717) is 29.8 Å².